The molecule has 0 aromatic heterocycles. The van der Waals surface area contributed by atoms with Gasteiger partial charge in [-0.25, -0.2) is 0 Å². The summed E-state index contributed by atoms with van der Waals surface area (Å²) in [6, 6.07) is 3.62. The highest BCUT2D eigenvalue weighted by Gasteiger charge is 2.65. The third-order valence-electron chi connectivity index (χ3n) is 6.22. The van der Waals surface area contributed by atoms with Crippen LogP contribution in [0.25, 0.3) is 0 Å². The minimum Gasteiger partial charge on any atom is -0.493 e. The van der Waals surface area contributed by atoms with Gasteiger partial charge in [-0.3, -0.25) is 4.79 Å². The van der Waals surface area contributed by atoms with E-state index in [2.05, 4.69) is 4.90 Å². The summed E-state index contributed by atoms with van der Waals surface area (Å²) in [6.07, 6.45) is -1.27. The molecular formula is C18H21NO3. The molecule has 4 atom stereocenters. The molecule has 2 aliphatic heterocycles. The highest BCUT2D eigenvalue weighted by atomic mass is 16.5. The Morgan fingerprint density at radius 2 is 2.45 bits per heavy atom. The van der Waals surface area contributed by atoms with E-state index in [1.165, 1.54) is 0 Å². The lowest BCUT2D eigenvalue weighted by atomic mass is 9.52. The largest absolute Gasteiger partial charge is 0.493 e. The minimum atomic E-state index is -2.62. The number of piperidine rings is 1. The second kappa shape index (κ2) is 4.05. The van der Waals surface area contributed by atoms with Crippen LogP contribution in [0.3, 0.4) is 0 Å². The van der Waals surface area contributed by atoms with Crippen molar-refractivity contribution < 1.29 is 21.1 Å². The number of likely N-dealkylation sites (N-methyl/N-ethyl adjacent to an activating group) is 1. The molecule has 2 heterocycles. The molecule has 2 aliphatic carbocycles. The van der Waals surface area contributed by atoms with Gasteiger partial charge in [0, 0.05) is 26.1 Å². The first-order valence-corrected chi connectivity index (χ1v) is 7.81. The van der Waals surface area contributed by atoms with Crippen LogP contribution in [0.4, 0.5) is 0 Å². The molecule has 0 N–H and O–H groups in total. The third-order valence-corrected chi connectivity index (χ3v) is 6.22. The lowest BCUT2D eigenvalue weighted by molar-refractivity contribution is -0.138. The molecule has 2 fully saturated rings. The first-order valence-electron chi connectivity index (χ1n) is 10.3. The molecule has 0 amide bonds. The Hall–Kier alpha value is -1.55. The predicted molar refractivity (Wildman–Crippen MR) is 81.6 cm³/mol. The average molecular weight is 304 g/mol. The van der Waals surface area contributed by atoms with Crippen molar-refractivity contribution >= 4 is 5.78 Å². The van der Waals surface area contributed by atoms with E-state index in [1.807, 2.05) is 13.1 Å². The fraction of sp³-hybridized carbons (Fsp3) is 0.611. The molecule has 0 radical (unpaired) electrons. The molecular weight excluding hydrogens is 278 g/mol. The van der Waals surface area contributed by atoms with Crippen molar-refractivity contribution in [3.63, 3.8) is 0 Å². The maximum atomic E-state index is 13.0. The van der Waals surface area contributed by atoms with Crippen molar-refractivity contribution in [3.05, 3.63) is 23.3 Å². The summed E-state index contributed by atoms with van der Waals surface area (Å²) in [4.78, 5) is 15.2. The number of ether oxygens (including phenoxy) is 2. The highest BCUT2D eigenvalue weighted by Crippen LogP contribution is 2.62. The number of Topliss-reactive ketones (excluding diaryl/α,β-unsaturated/α-hetero) is 1. The van der Waals surface area contributed by atoms with Crippen LogP contribution >= 0.6 is 0 Å². The fourth-order valence-electron chi connectivity index (χ4n) is 5.27. The highest BCUT2D eigenvalue weighted by molar-refractivity contribution is 5.89. The van der Waals surface area contributed by atoms with Crippen LogP contribution in [-0.4, -0.2) is 43.5 Å². The summed E-state index contributed by atoms with van der Waals surface area (Å²) in [5, 5.41) is 0. The number of carbonyl (C=O) groups is 1. The zero-order chi connectivity index (χ0) is 19.4. The normalized spacial score (nSPS) is 44.7. The van der Waals surface area contributed by atoms with Gasteiger partial charge in [0.05, 0.1) is 11.2 Å². The Morgan fingerprint density at radius 3 is 3.32 bits per heavy atom. The van der Waals surface area contributed by atoms with Crippen molar-refractivity contribution in [1.29, 1.82) is 0 Å². The van der Waals surface area contributed by atoms with Crippen molar-refractivity contribution in [2.24, 2.45) is 5.92 Å². The SMILES string of the molecule is [2H]C([2H])([2H])Oc1ccc2c3c1OC1C(=O)C([2H])([2H])C[C@H]4[C@@H](C2)N(C)CC[C@]314. The van der Waals surface area contributed by atoms with E-state index >= 15 is 0 Å². The van der Waals surface area contributed by atoms with Crippen LogP contribution < -0.4 is 9.47 Å². The smallest absolute Gasteiger partial charge is 0.174 e. The van der Waals surface area contributed by atoms with E-state index < -0.39 is 30.7 Å². The Labute approximate surface area is 137 Å². The summed E-state index contributed by atoms with van der Waals surface area (Å²) in [6.45, 7) is 0.792. The molecule has 1 unspecified atom stereocenters. The standard InChI is InChI=1S/C18H21NO3/c1-19-8-7-18-11-4-5-13(20)17(18)22-16-14(21-2)6-3-10(15(16)18)9-12(11)19/h3,6,11-12,17H,4-5,7-9H2,1-2H3/t11-,12+,17?,18-/m0/s1/i2D3,5D2. The molecule has 116 valence electrons. The van der Waals surface area contributed by atoms with Crippen LogP contribution in [0.2, 0.25) is 0 Å². The van der Waals surface area contributed by atoms with E-state index in [9.17, 15) is 4.79 Å². The van der Waals surface area contributed by atoms with Crippen LogP contribution in [0.5, 0.6) is 11.5 Å². The van der Waals surface area contributed by atoms with Gasteiger partial charge in [-0.15, -0.1) is 0 Å². The van der Waals surface area contributed by atoms with E-state index in [-0.39, 0.29) is 24.1 Å². The molecule has 4 heteroatoms. The predicted octanol–water partition coefficient (Wildman–Crippen LogP) is 1.93. The second-order valence-corrected chi connectivity index (χ2v) is 6.92. The van der Waals surface area contributed by atoms with Gasteiger partial charge in [-0.2, -0.15) is 0 Å². The van der Waals surface area contributed by atoms with E-state index in [0.717, 1.165) is 24.1 Å². The summed E-state index contributed by atoms with van der Waals surface area (Å²) in [7, 11) is -0.576. The Balaban J connectivity index is 1.74. The van der Waals surface area contributed by atoms with Crippen molar-refractivity contribution in [3.8, 4) is 11.5 Å². The van der Waals surface area contributed by atoms with Crippen LogP contribution in [0.15, 0.2) is 12.1 Å². The van der Waals surface area contributed by atoms with Crippen molar-refractivity contribution in [2.75, 3.05) is 20.6 Å². The molecule has 1 aromatic carbocycles. The Bertz CT molecular complexity index is 854. The first-order chi connectivity index (χ1) is 12.5. The number of hydrogen-bond donors (Lipinski definition) is 0. The van der Waals surface area contributed by atoms with Gasteiger partial charge >= 0.3 is 0 Å². The van der Waals surface area contributed by atoms with Gasteiger partial charge in [0.25, 0.3) is 0 Å². The number of methoxy groups -OCH3 is 1. The summed E-state index contributed by atoms with van der Waals surface area (Å²) in [5.74, 6) is -0.147. The number of rotatable bonds is 1. The molecule has 1 spiro atoms. The third kappa shape index (κ3) is 1.27. The van der Waals surface area contributed by atoms with Gasteiger partial charge in [0.2, 0.25) is 0 Å². The van der Waals surface area contributed by atoms with Gasteiger partial charge in [-0.05, 0) is 50.4 Å². The first kappa shape index (κ1) is 8.92. The number of likely N-dealkylation sites (tertiary alicyclic amines) is 1. The van der Waals surface area contributed by atoms with Gasteiger partial charge in [0.15, 0.2) is 23.4 Å². The Morgan fingerprint density at radius 1 is 1.55 bits per heavy atom. The molecule has 5 rings (SSSR count). The molecule has 4 nitrogen and oxygen atoms in total. The van der Waals surface area contributed by atoms with Gasteiger partial charge in [0.1, 0.15) is 0 Å². The molecule has 1 saturated heterocycles. The topological polar surface area (TPSA) is 38.8 Å². The maximum Gasteiger partial charge on any atom is 0.174 e. The van der Waals surface area contributed by atoms with Crippen LogP contribution in [0.1, 0.15) is 37.2 Å². The van der Waals surface area contributed by atoms with Crippen LogP contribution in [-0.2, 0) is 16.6 Å². The quantitative estimate of drug-likeness (QED) is 0.795. The van der Waals surface area contributed by atoms with Crippen molar-refractivity contribution in [2.45, 2.75) is 43.2 Å². The van der Waals surface area contributed by atoms with E-state index in [0.29, 0.717) is 12.2 Å². The molecule has 1 aromatic rings. The summed E-state index contributed by atoms with van der Waals surface area (Å²) in [5.41, 5.74) is 1.34. The number of hydrogen-bond acceptors (Lipinski definition) is 4. The van der Waals surface area contributed by atoms with E-state index in [4.69, 9.17) is 16.3 Å². The minimum absolute atomic E-state index is 0.0503. The number of carbonyl (C=O) groups excluding carboxylic acids is 1. The summed E-state index contributed by atoms with van der Waals surface area (Å²) < 4.78 is 50.1. The van der Waals surface area contributed by atoms with Gasteiger partial charge < -0.3 is 14.4 Å². The van der Waals surface area contributed by atoms with Crippen molar-refractivity contribution in [1.82, 2.24) is 4.90 Å². The monoisotopic (exact) mass is 304 g/mol. The maximum absolute atomic E-state index is 13.0. The Kier molecular flexibility index (Phi) is 1.64. The zero-order valence-electron chi connectivity index (χ0n) is 17.4. The fourth-order valence-corrected chi connectivity index (χ4v) is 5.27. The molecule has 2 bridgehead atoms. The molecule has 22 heavy (non-hydrogen) atoms. The average Bonchev–Trinajstić information content (AvgIpc) is 2.90. The number of ketones is 1. The van der Waals surface area contributed by atoms with Crippen LogP contribution in [0, 0.1) is 5.92 Å². The number of benzene rings is 1. The van der Waals surface area contributed by atoms with E-state index in [1.54, 1.807) is 6.07 Å². The molecule has 4 aliphatic rings. The second-order valence-electron chi connectivity index (χ2n) is 6.92. The molecule has 1 saturated carbocycles. The lowest BCUT2D eigenvalue weighted by Gasteiger charge is -2.57. The van der Waals surface area contributed by atoms with Gasteiger partial charge in [-0.1, -0.05) is 6.07 Å². The lowest BCUT2D eigenvalue weighted by Crippen LogP contribution is -2.65. The number of nitrogens with zero attached hydrogens (tertiary/aromatic N) is 1. The zero-order valence-corrected chi connectivity index (χ0v) is 12.4. The summed E-state index contributed by atoms with van der Waals surface area (Å²) >= 11 is 0.